The Kier molecular flexibility index (Phi) is 8.10. The highest BCUT2D eigenvalue weighted by molar-refractivity contribution is 5.52. The largest absolute Gasteiger partial charge is 0.509 e. The summed E-state index contributed by atoms with van der Waals surface area (Å²) in [5.74, 6) is -0.559. The summed E-state index contributed by atoms with van der Waals surface area (Å²) in [6.45, 7) is 5.41. The Hall–Kier alpha value is -1.70. The predicted octanol–water partition coefficient (Wildman–Crippen LogP) is 0.528. The summed E-state index contributed by atoms with van der Waals surface area (Å²) < 4.78 is 0. The van der Waals surface area contributed by atoms with Crippen molar-refractivity contribution in [2.45, 2.75) is 50.3 Å². The second-order valence-corrected chi connectivity index (χ2v) is 5.67. The van der Waals surface area contributed by atoms with Crippen LogP contribution in [0.25, 0.3) is 6.08 Å². The normalized spacial score (nSPS) is 18.5. The van der Waals surface area contributed by atoms with Crippen LogP contribution in [-0.4, -0.2) is 61.2 Å². The Bertz CT molecular complexity index is 539. The highest BCUT2D eigenvalue weighted by Gasteiger charge is 2.35. The van der Waals surface area contributed by atoms with E-state index in [4.69, 9.17) is 0 Å². The van der Waals surface area contributed by atoms with Crippen LogP contribution in [0.1, 0.15) is 24.5 Å². The lowest BCUT2D eigenvalue weighted by atomic mass is 9.96. The summed E-state index contributed by atoms with van der Waals surface area (Å²) in [4.78, 5) is 0. The van der Waals surface area contributed by atoms with E-state index < -0.39 is 36.3 Å². The van der Waals surface area contributed by atoms with Crippen molar-refractivity contribution in [2.75, 3.05) is 0 Å². The van der Waals surface area contributed by atoms with E-state index in [9.17, 15) is 30.6 Å². The van der Waals surface area contributed by atoms with Gasteiger partial charge in [-0.1, -0.05) is 37.3 Å². The van der Waals surface area contributed by atoms with Crippen LogP contribution in [0, 0.1) is 0 Å². The molecule has 5 unspecified atom stereocenters. The van der Waals surface area contributed by atoms with Crippen molar-refractivity contribution in [3.05, 3.63) is 53.8 Å². The Balaban J connectivity index is 2.79. The average Bonchev–Trinajstić information content (AvgIpc) is 2.59. The van der Waals surface area contributed by atoms with E-state index in [1.54, 1.807) is 12.1 Å². The van der Waals surface area contributed by atoms with E-state index >= 15 is 0 Å². The molecule has 0 saturated carbocycles. The third-order valence-corrected chi connectivity index (χ3v) is 3.83. The van der Waals surface area contributed by atoms with Gasteiger partial charge in [-0.05, 0) is 30.0 Å². The smallest absolute Gasteiger partial charge is 0.139 e. The van der Waals surface area contributed by atoms with Crippen molar-refractivity contribution < 1.29 is 30.6 Å². The molecule has 0 radical (unpaired) electrons. The van der Waals surface area contributed by atoms with Crippen molar-refractivity contribution in [3.8, 4) is 0 Å². The maximum absolute atomic E-state index is 9.94. The molecule has 24 heavy (non-hydrogen) atoms. The molecule has 5 atom stereocenters. The molecule has 0 aliphatic heterocycles. The monoisotopic (exact) mass is 338 g/mol. The van der Waals surface area contributed by atoms with Gasteiger partial charge in [-0.15, -0.1) is 6.58 Å². The number of hydrogen-bond acceptors (Lipinski definition) is 6. The third-order valence-electron chi connectivity index (χ3n) is 3.83. The molecule has 0 aliphatic rings. The minimum absolute atomic E-state index is 0.00659. The van der Waals surface area contributed by atoms with Gasteiger partial charge in [0.2, 0.25) is 0 Å². The molecule has 0 heterocycles. The number of aliphatic hydroxyl groups is 6. The van der Waals surface area contributed by atoms with E-state index in [2.05, 4.69) is 6.58 Å². The molecule has 0 amide bonds. The van der Waals surface area contributed by atoms with Crippen LogP contribution in [0.4, 0.5) is 0 Å². The first-order valence-corrected chi connectivity index (χ1v) is 7.82. The van der Waals surface area contributed by atoms with Crippen LogP contribution >= 0.6 is 0 Å². The Morgan fingerprint density at radius 3 is 2.08 bits per heavy atom. The molecule has 0 fully saturated rings. The Morgan fingerprint density at radius 1 is 1.00 bits per heavy atom. The van der Waals surface area contributed by atoms with Gasteiger partial charge in [0.25, 0.3) is 0 Å². The van der Waals surface area contributed by atoms with Crippen LogP contribution < -0.4 is 0 Å². The first-order chi connectivity index (χ1) is 11.3. The van der Waals surface area contributed by atoms with Crippen molar-refractivity contribution >= 4 is 6.08 Å². The summed E-state index contributed by atoms with van der Waals surface area (Å²) >= 11 is 0. The second kappa shape index (κ2) is 9.56. The molecule has 0 bridgehead atoms. The maximum atomic E-state index is 9.94. The van der Waals surface area contributed by atoms with Crippen LogP contribution in [-0.2, 0) is 6.42 Å². The van der Waals surface area contributed by atoms with E-state index in [0.29, 0.717) is 5.56 Å². The predicted molar refractivity (Wildman–Crippen MR) is 91.3 cm³/mol. The summed E-state index contributed by atoms with van der Waals surface area (Å²) in [7, 11) is 0. The molecule has 134 valence electrons. The van der Waals surface area contributed by atoms with Gasteiger partial charge >= 0.3 is 0 Å². The number of aryl methyl sites for hydroxylation is 1. The van der Waals surface area contributed by atoms with Crippen LogP contribution in [0.5, 0.6) is 0 Å². The first kappa shape index (κ1) is 20.3. The summed E-state index contributed by atoms with van der Waals surface area (Å²) in [5, 5.41) is 58.9. The van der Waals surface area contributed by atoms with Crippen molar-refractivity contribution in [3.63, 3.8) is 0 Å². The highest BCUT2D eigenvalue weighted by atomic mass is 16.4. The maximum Gasteiger partial charge on any atom is 0.139 e. The topological polar surface area (TPSA) is 121 Å². The fourth-order valence-corrected chi connectivity index (χ4v) is 2.21. The summed E-state index contributed by atoms with van der Waals surface area (Å²) in [6.07, 6.45) is -5.07. The van der Waals surface area contributed by atoms with Gasteiger partial charge in [-0.3, -0.25) is 0 Å². The van der Waals surface area contributed by atoms with Gasteiger partial charge in [-0.2, -0.15) is 0 Å². The van der Waals surface area contributed by atoms with E-state index in [1.807, 2.05) is 19.1 Å². The van der Waals surface area contributed by atoms with Crippen LogP contribution in [0.15, 0.2) is 42.7 Å². The zero-order chi connectivity index (χ0) is 18.3. The van der Waals surface area contributed by atoms with Gasteiger partial charge in [0.15, 0.2) is 0 Å². The molecule has 0 aliphatic carbocycles. The molecule has 1 aromatic carbocycles. The number of aliphatic hydroxyl groups excluding tert-OH is 6. The number of benzene rings is 1. The lowest BCUT2D eigenvalue weighted by Gasteiger charge is -2.28. The van der Waals surface area contributed by atoms with E-state index in [-0.39, 0.29) is 6.42 Å². The minimum Gasteiger partial charge on any atom is -0.509 e. The molecule has 0 spiro atoms. The molecule has 0 saturated heterocycles. The lowest BCUT2D eigenvalue weighted by Crippen LogP contribution is -2.49. The van der Waals surface area contributed by atoms with Gasteiger partial charge in [0.05, 0.1) is 6.10 Å². The fraction of sp³-hybridized carbons (Fsp3) is 0.444. The molecule has 1 rings (SSSR count). The first-order valence-electron chi connectivity index (χ1n) is 7.82. The average molecular weight is 338 g/mol. The molecular formula is C18H26O6. The Labute approximate surface area is 141 Å². The molecular weight excluding hydrogens is 312 g/mol. The summed E-state index contributed by atoms with van der Waals surface area (Å²) in [5.41, 5.74) is 1.72. The minimum atomic E-state index is -1.87. The van der Waals surface area contributed by atoms with Crippen molar-refractivity contribution in [1.29, 1.82) is 0 Å². The van der Waals surface area contributed by atoms with E-state index in [1.165, 1.54) is 12.2 Å². The van der Waals surface area contributed by atoms with Crippen LogP contribution in [0.2, 0.25) is 0 Å². The fourth-order valence-electron chi connectivity index (χ4n) is 2.21. The zero-order valence-electron chi connectivity index (χ0n) is 13.7. The second-order valence-electron chi connectivity index (χ2n) is 5.67. The SMILES string of the molecule is C=CCC(O)C(O)C(O)C(O)C(O)C(O)=Cc1ccc(CC)cc1. The van der Waals surface area contributed by atoms with Crippen molar-refractivity contribution in [1.82, 2.24) is 0 Å². The quantitative estimate of drug-likeness (QED) is 0.288. The van der Waals surface area contributed by atoms with Gasteiger partial charge in [0, 0.05) is 0 Å². The number of rotatable bonds is 9. The van der Waals surface area contributed by atoms with Gasteiger partial charge in [0.1, 0.15) is 30.2 Å². The highest BCUT2D eigenvalue weighted by Crippen LogP contribution is 2.17. The van der Waals surface area contributed by atoms with Gasteiger partial charge in [-0.25, -0.2) is 0 Å². The van der Waals surface area contributed by atoms with Gasteiger partial charge < -0.3 is 30.6 Å². The van der Waals surface area contributed by atoms with Crippen molar-refractivity contribution in [2.24, 2.45) is 0 Å². The molecule has 6 nitrogen and oxygen atoms in total. The molecule has 0 aromatic heterocycles. The lowest BCUT2D eigenvalue weighted by molar-refractivity contribution is -0.131. The standard InChI is InChI=1S/C18H26O6/c1-3-5-13(19)15(21)17(23)18(24)16(22)14(20)10-12-8-6-11(4-2)7-9-12/h3,6-10,13,15-24H,1,4-5H2,2H3. The zero-order valence-corrected chi connectivity index (χ0v) is 13.7. The van der Waals surface area contributed by atoms with E-state index in [0.717, 1.165) is 12.0 Å². The Morgan fingerprint density at radius 2 is 1.58 bits per heavy atom. The molecule has 6 N–H and O–H groups in total. The molecule has 6 heteroatoms. The third kappa shape index (κ3) is 5.43. The van der Waals surface area contributed by atoms with Crippen LogP contribution in [0.3, 0.4) is 0 Å². The molecule has 1 aromatic rings. The number of hydrogen-bond donors (Lipinski definition) is 6. The summed E-state index contributed by atoms with van der Waals surface area (Å²) in [6, 6.07) is 7.22.